The number of carboxylic acid groups (broad SMARTS) is 1. The lowest BCUT2D eigenvalue weighted by molar-refractivity contribution is 0.0697. The molecule has 0 saturated heterocycles. The number of aromatic nitrogens is 1. The molecule has 154 valence electrons. The van der Waals surface area contributed by atoms with Crippen LogP contribution in [0, 0.1) is 0 Å². The SMILES string of the molecule is COc1ccc(/C=C/c2c(Cl)cc(Cl)c(=O)n2CCc2ccc(C(=O)O)cc2)cc1. The van der Waals surface area contributed by atoms with Gasteiger partial charge in [0, 0.05) is 6.54 Å². The second kappa shape index (κ2) is 9.65. The van der Waals surface area contributed by atoms with Crippen molar-refractivity contribution in [2.75, 3.05) is 7.11 Å². The van der Waals surface area contributed by atoms with Crippen molar-refractivity contribution < 1.29 is 14.6 Å². The molecule has 30 heavy (non-hydrogen) atoms. The van der Waals surface area contributed by atoms with Crippen LogP contribution in [0.3, 0.4) is 0 Å². The number of benzene rings is 2. The molecule has 2 aromatic carbocycles. The lowest BCUT2D eigenvalue weighted by atomic mass is 10.1. The Kier molecular flexibility index (Phi) is 6.98. The molecule has 0 saturated carbocycles. The van der Waals surface area contributed by atoms with Crippen LogP contribution in [0.1, 0.15) is 27.2 Å². The molecule has 0 aliphatic rings. The van der Waals surface area contributed by atoms with Crippen LogP contribution in [-0.2, 0) is 13.0 Å². The van der Waals surface area contributed by atoms with Gasteiger partial charge in [-0.2, -0.15) is 0 Å². The van der Waals surface area contributed by atoms with Gasteiger partial charge in [0.1, 0.15) is 10.8 Å². The number of carbonyl (C=O) groups is 1. The fraction of sp³-hybridized carbons (Fsp3) is 0.130. The Labute approximate surface area is 183 Å². The Bertz CT molecular complexity index is 1130. The van der Waals surface area contributed by atoms with Crippen LogP contribution in [0.2, 0.25) is 10.0 Å². The third kappa shape index (κ3) is 5.12. The monoisotopic (exact) mass is 443 g/mol. The van der Waals surface area contributed by atoms with Gasteiger partial charge in [-0.05, 0) is 54.0 Å². The molecule has 1 heterocycles. The highest BCUT2D eigenvalue weighted by atomic mass is 35.5. The zero-order valence-corrected chi connectivity index (χ0v) is 17.7. The normalized spacial score (nSPS) is 11.0. The molecular formula is C23H19Cl2NO4. The highest BCUT2D eigenvalue weighted by molar-refractivity contribution is 6.35. The number of carboxylic acids is 1. The maximum atomic E-state index is 12.6. The average molecular weight is 444 g/mol. The molecule has 1 aromatic heterocycles. The number of hydrogen-bond acceptors (Lipinski definition) is 3. The summed E-state index contributed by atoms with van der Waals surface area (Å²) in [7, 11) is 1.60. The molecule has 0 aliphatic heterocycles. The molecule has 0 fully saturated rings. The number of halogens is 2. The van der Waals surface area contributed by atoms with Gasteiger partial charge in [0.05, 0.1) is 23.4 Å². The first-order valence-corrected chi connectivity index (χ1v) is 9.88. The van der Waals surface area contributed by atoms with Gasteiger partial charge in [0.25, 0.3) is 5.56 Å². The van der Waals surface area contributed by atoms with Gasteiger partial charge in [-0.1, -0.05) is 53.5 Å². The number of aryl methyl sites for hydroxylation is 1. The van der Waals surface area contributed by atoms with Gasteiger partial charge in [-0.25, -0.2) is 4.79 Å². The minimum Gasteiger partial charge on any atom is -0.497 e. The fourth-order valence-electron chi connectivity index (χ4n) is 2.95. The fourth-order valence-corrected chi connectivity index (χ4v) is 3.49. The Morgan fingerprint density at radius 3 is 2.30 bits per heavy atom. The van der Waals surface area contributed by atoms with Crippen molar-refractivity contribution in [3.8, 4) is 5.75 Å². The minimum atomic E-state index is -0.981. The standard InChI is InChI=1S/C23H19Cl2NO4/c1-30-18-9-4-15(5-10-18)6-11-21-19(24)14-20(25)22(27)26(21)13-12-16-2-7-17(8-3-16)23(28)29/h2-11,14H,12-13H2,1H3,(H,28,29)/b11-6+. The first kappa shape index (κ1) is 21.7. The predicted molar refractivity (Wildman–Crippen MR) is 120 cm³/mol. The molecular weight excluding hydrogens is 425 g/mol. The number of pyridine rings is 1. The van der Waals surface area contributed by atoms with Crippen LogP contribution in [0.15, 0.2) is 59.4 Å². The maximum Gasteiger partial charge on any atom is 0.335 e. The summed E-state index contributed by atoms with van der Waals surface area (Å²) in [6, 6.07) is 15.5. The molecule has 0 bridgehead atoms. The van der Waals surface area contributed by atoms with E-state index in [0.29, 0.717) is 23.7 Å². The number of methoxy groups -OCH3 is 1. The largest absolute Gasteiger partial charge is 0.497 e. The molecule has 0 aliphatic carbocycles. The molecule has 0 amide bonds. The quantitative estimate of drug-likeness (QED) is 0.539. The topological polar surface area (TPSA) is 68.5 Å². The first-order valence-electron chi connectivity index (χ1n) is 9.12. The van der Waals surface area contributed by atoms with E-state index in [9.17, 15) is 9.59 Å². The molecule has 3 aromatic rings. The minimum absolute atomic E-state index is 0.0443. The number of nitrogens with zero attached hydrogens (tertiary/aromatic N) is 1. The average Bonchev–Trinajstić information content (AvgIpc) is 2.75. The summed E-state index contributed by atoms with van der Waals surface area (Å²) < 4.78 is 6.68. The van der Waals surface area contributed by atoms with Crippen molar-refractivity contribution in [2.45, 2.75) is 13.0 Å². The summed E-state index contributed by atoms with van der Waals surface area (Å²) in [5.74, 6) is -0.229. The molecule has 0 spiro atoms. The van der Waals surface area contributed by atoms with Crippen LogP contribution in [0.25, 0.3) is 12.2 Å². The number of rotatable bonds is 7. The number of aromatic carboxylic acids is 1. The van der Waals surface area contributed by atoms with Gasteiger partial charge < -0.3 is 14.4 Å². The number of hydrogen-bond donors (Lipinski definition) is 1. The van der Waals surface area contributed by atoms with Crippen molar-refractivity contribution >= 4 is 41.3 Å². The van der Waals surface area contributed by atoms with Crippen LogP contribution >= 0.6 is 23.2 Å². The van der Waals surface area contributed by atoms with Gasteiger partial charge in [0.15, 0.2) is 0 Å². The zero-order chi connectivity index (χ0) is 21.7. The van der Waals surface area contributed by atoms with E-state index >= 15 is 0 Å². The summed E-state index contributed by atoms with van der Waals surface area (Å²) in [4.78, 5) is 23.6. The van der Waals surface area contributed by atoms with E-state index in [-0.39, 0.29) is 16.1 Å². The van der Waals surface area contributed by atoms with Crippen LogP contribution in [-0.4, -0.2) is 22.8 Å². The molecule has 1 N–H and O–H groups in total. The lowest BCUT2D eigenvalue weighted by Gasteiger charge is -2.13. The van der Waals surface area contributed by atoms with E-state index in [4.69, 9.17) is 33.0 Å². The van der Waals surface area contributed by atoms with E-state index in [1.165, 1.54) is 22.8 Å². The van der Waals surface area contributed by atoms with Crippen molar-refractivity contribution in [3.05, 3.63) is 97.4 Å². The Balaban J connectivity index is 1.88. The number of ether oxygens (including phenoxy) is 1. The zero-order valence-electron chi connectivity index (χ0n) is 16.1. The summed E-state index contributed by atoms with van der Waals surface area (Å²) in [6.07, 6.45) is 4.14. The summed E-state index contributed by atoms with van der Waals surface area (Å²) in [5.41, 5.74) is 2.24. The van der Waals surface area contributed by atoms with Crippen LogP contribution in [0.5, 0.6) is 5.75 Å². The van der Waals surface area contributed by atoms with Crippen molar-refractivity contribution in [2.24, 2.45) is 0 Å². The van der Waals surface area contributed by atoms with E-state index in [1.54, 1.807) is 25.3 Å². The van der Waals surface area contributed by atoms with Gasteiger partial charge in [-0.15, -0.1) is 0 Å². The van der Waals surface area contributed by atoms with Gasteiger partial charge in [0.2, 0.25) is 0 Å². The van der Waals surface area contributed by atoms with Crippen molar-refractivity contribution in [1.29, 1.82) is 0 Å². The van der Waals surface area contributed by atoms with Crippen LogP contribution < -0.4 is 10.3 Å². The maximum absolute atomic E-state index is 12.6. The van der Waals surface area contributed by atoms with E-state index in [2.05, 4.69) is 0 Å². The second-order valence-corrected chi connectivity index (χ2v) is 7.36. The smallest absolute Gasteiger partial charge is 0.335 e. The van der Waals surface area contributed by atoms with Crippen LogP contribution in [0.4, 0.5) is 0 Å². The summed E-state index contributed by atoms with van der Waals surface area (Å²) in [5, 5.41) is 9.42. The summed E-state index contributed by atoms with van der Waals surface area (Å²) in [6.45, 7) is 0.341. The Morgan fingerprint density at radius 1 is 1.03 bits per heavy atom. The molecule has 7 heteroatoms. The van der Waals surface area contributed by atoms with Gasteiger partial charge in [-0.3, -0.25) is 4.79 Å². The molecule has 5 nitrogen and oxygen atoms in total. The molecule has 0 unspecified atom stereocenters. The highest BCUT2D eigenvalue weighted by Gasteiger charge is 2.11. The van der Waals surface area contributed by atoms with Crippen molar-refractivity contribution in [1.82, 2.24) is 4.57 Å². The lowest BCUT2D eigenvalue weighted by Crippen LogP contribution is -2.24. The van der Waals surface area contributed by atoms with Crippen molar-refractivity contribution in [3.63, 3.8) is 0 Å². The van der Waals surface area contributed by atoms with E-state index < -0.39 is 5.97 Å². The molecule has 0 radical (unpaired) electrons. The summed E-state index contributed by atoms with van der Waals surface area (Å²) >= 11 is 12.4. The predicted octanol–water partition coefficient (Wildman–Crippen LogP) is 5.28. The molecule has 3 rings (SSSR count). The van der Waals surface area contributed by atoms with Gasteiger partial charge >= 0.3 is 5.97 Å². The highest BCUT2D eigenvalue weighted by Crippen LogP contribution is 2.22. The Hall–Kier alpha value is -3.02. The second-order valence-electron chi connectivity index (χ2n) is 6.54. The third-order valence-corrected chi connectivity index (χ3v) is 5.19. The Morgan fingerprint density at radius 2 is 1.70 bits per heavy atom. The molecule has 0 atom stereocenters. The van der Waals surface area contributed by atoms with E-state index in [0.717, 1.165) is 16.9 Å². The first-order chi connectivity index (χ1) is 14.4. The van der Waals surface area contributed by atoms with E-state index in [1.807, 2.05) is 30.3 Å². The third-order valence-electron chi connectivity index (χ3n) is 4.61.